The molecule has 1 amide bonds. The predicted molar refractivity (Wildman–Crippen MR) is 91.9 cm³/mol. The molecule has 0 radical (unpaired) electrons. The second-order valence-corrected chi connectivity index (χ2v) is 6.30. The lowest BCUT2D eigenvalue weighted by molar-refractivity contribution is -0.123. The molecule has 6 nitrogen and oxygen atoms in total. The second-order valence-electron chi connectivity index (χ2n) is 6.30. The Morgan fingerprint density at radius 2 is 2.08 bits per heavy atom. The molecule has 2 atom stereocenters. The standard InChI is InChI=1S/C18H23N3O3/c1-11(2)15-10-20-18(24-15)13-4-6-14(7-5-13)21-17(22)16-12(3)23-9-8-19-16/h4-7,10-12,16,19H,8-9H2,1-3H3,(H,21,22)/t12-,16+/m1/s1. The van der Waals surface area contributed by atoms with Gasteiger partial charge >= 0.3 is 0 Å². The van der Waals surface area contributed by atoms with E-state index in [2.05, 4.69) is 29.5 Å². The van der Waals surface area contributed by atoms with Crippen molar-refractivity contribution in [2.24, 2.45) is 0 Å². The van der Waals surface area contributed by atoms with Crippen molar-refractivity contribution in [2.75, 3.05) is 18.5 Å². The monoisotopic (exact) mass is 329 g/mol. The zero-order valence-electron chi connectivity index (χ0n) is 14.2. The van der Waals surface area contributed by atoms with Gasteiger partial charge in [-0.15, -0.1) is 0 Å². The fourth-order valence-corrected chi connectivity index (χ4v) is 2.63. The number of oxazole rings is 1. The Kier molecular flexibility index (Phi) is 4.97. The Labute approximate surface area is 141 Å². The van der Waals surface area contributed by atoms with Gasteiger partial charge in [0.05, 0.1) is 18.9 Å². The molecule has 0 saturated carbocycles. The number of anilines is 1. The summed E-state index contributed by atoms with van der Waals surface area (Å²) in [5.74, 6) is 1.66. The van der Waals surface area contributed by atoms with Crippen LogP contribution in [0.15, 0.2) is 34.9 Å². The summed E-state index contributed by atoms with van der Waals surface area (Å²) in [6, 6.07) is 7.14. The number of hydrogen-bond donors (Lipinski definition) is 2. The van der Waals surface area contributed by atoms with Crippen molar-refractivity contribution in [3.8, 4) is 11.5 Å². The van der Waals surface area contributed by atoms with Crippen molar-refractivity contribution in [1.82, 2.24) is 10.3 Å². The van der Waals surface area contributed by atoms with E-state index in [0.29, 0.717) is 25.0 Å². The van der Waals surface area contributed by atoms with Crippen LogP contribution in [0, 0.1) is 0 Å². The number of amides is 1. The van der Waals surface area contributed by atoms with Gasteiger partial charge in [-0.2, -0.15) is 0 Å². The van der Waals surface area contributed by atoms with Gasteiger partial charge in [0, 0.05) is 23.7 Å². The van der Waals surface area contributed by atoms with Gasteiger partial charge in [0.2, 0.25) is 11.8 Å². The average molecular weight is 329 g/mol. The summed E-state index contributed by atoms with van der Waals surface area (Å²) in [7, 11) is 0. The molecular formula is C18H23N3O3. The number of rotatable bonds is 4. The van der Waals surface area contributed by atoms with Gasteiger partial charge in [0.25, 0.3) is 0 Å². The van der Waals surface area contributed by atoms with Crippen LogP contribution in [0.5, 0.6) is 0 Å². The van der Waals surface area contributed by atoms with E-state index in [0.717, 1.165) is 17.0 Å². The molecule has 1 aromatic carbocycles. The number of ether oxygens (including phenoxy) is 1. The smallest absolute Gasteiger partial charge is 0.244 e. The molecule has 2 aromatic rings. The van der Waals surface area contributed by atoms with Gasteiger partial charge in [0.1, 0.15) is 11.8 Å². The lowest BCUT2D eigenvalue weighted by Crippen LogP contribution is -2.53. The molecule has 0 unspecified atom stereocenters. The Hall–Kier alpha value is -2.18. The predicted octanol–water partition coefficient (Wildman–Crippen LogP) is 2.78. The fraction of sp³-hybridized carbons (Fsp3) is 0.444. The molecule has 1 aliphatic heterocycles. The van der Waals surface area contributed by atoms with Gasteiger partial charge in [-0.05, 0) is 31.2 Å². The highest BCUT2D eigenvalue weighted by atomic mass is 16.5. The minimum absolute atomic E-state index is 0.0897. The Balaban J connectivity index is 1.66. The third-order valence-electron chi connectivity index (χ3n) is 4.09. The van der Waals surface area contributed by atoms with Crippen LogP contribution in [0.3, 0.4) is 0 Å². The quantitative estimate of drug-likeness (QED) is 0.902. The van der Waals surface area contributed by atoms with Crippen LogP contribution in [-0.2, 0) is 9.53 Å². The Morgan fingerprint density at radius 1 is 1.33 bits per heavy atom. The largest absolute Gasteiger partial charge is 0.441 e. The van der Waals surface area contributed by atoms with Crippen molar-refractivity contribution in [3.63, 3.8) is 0 Å². The first-order valence-corrected chi connectivity index (χ1v) is 8.26. The van der Waals surface area contributed by atoms with Crippen molar-refractivity contribution in [1.29, 1.82) is 0 Å². The van der Waals surface area contributed by atoms with Gasteiger partial charge in [-0.25, -0.2) is 4.98 Å². The number of nitrogens with zero attached hydrogens (tertiary/aromatic N) is 1. The van der Waals surface area contributed by atoms with Crippen LogP contribution < -0.4 is 10.6 Å². The first-order valence-electron chi connectivity index (χ1n) is 8.26. The summed E-state index contributed by atoms with van der Waals surface area (Å²) in [6.07, 6.45) is 1.62. The number of hydrogen-bond acceptors (Lipinski definition) is 5. The Bertz CT molecular complexity index is 694. The van der Waals surface area contributed by atoms with E-state index in [1.54, 1.807) is 6.20 Å². The van der Waals surface area contributed by atoms with E-state index in [1.165, 1.54) is 0 Å². The molecule has 0 spiro atoms. The van der Waals surface area contributed by atoms with Crippen LogP contribution in [-0.4, -0.2) is 36.2 Å². The number of aromatic nitrogens is 1. The highest BCUT2D eigenvalue weighted by molar-refractivity contribution is 5.95. The number of carbonyl (C=O) groups is 1. The molecule has 2 N–H and O–H groups in total. The van der Waals surface area contributed by atoms with Gasteiger partial charge in [0.15, 0.2) is 0 Å². The molecule has 2 heterocycles. The third-order valence-corrected chi connectivity index (χ3v) is 4.09. The lowest BCUT2D eigenvalue weighted by Gasteiger charge is -2.29. The van der Waals surface area contributed by atoms with E-state index >= 15 is 0 Å². The van der Waals surface area contributed by atoms with E-state index in [-0.39, 0.29) is 18.1 Å². The maximum Gasteiger partial charge on any atom is 0.244 e. The maximum atomic E-state index is 12.3. The van der Waals surface area contributed by atoms with Crippen molar-refractivity contribution in [2.45, 2.75) is 38.8 Å². The molecule has 1 fully saturated rings. The molecule has 128 valence electrons. The molecule has 0 aliphatic carbocycles. The zero-order valence-corrected chi connectivity index (χ0v) is 14.2. The number of carbonyl (C=O) groups excluding carboxylic acids is 1. The van der Waals surface area contributed by atoms with E-state index in [1.807, 2.05) is 31.2 Å². The molecule has 24 heavy (non-hydrogen) atoms. The van der Waals surface area contributed by atoms with E-state index in [4.69, 9.17) is 9.15 Å². The molecule has 1 aliphatic rings. The van der Waals surface area contributed by atoms with E-state index < -0.39 is 0 Å². The van der Waals surface area contributed by atoms with Crippen molar-refractivity contribution in [3.05, 3.63) is 36.2 Å². The minimum Gasteiger partial charge on any atom is -0.441 e. The fourth-order valence-electron chi connectivity index (χ4n) is 2.63. The number of morpholine rings is 1. The summed E-state index contributed by atoms with van der Waals surface area (Å²) >= 11 is 0. The molecule has 3 rings (SSSR count). The average Bonchev–Trinajstić information content (AvgIpc) is 3.06. The number of benzene rings is 1. The normalized spacial score (nSPS) is 21.0. The molecule has 6 heteroatoms. The zero-order chi connectivity index (χ0) is 17.1. The van der Waals surface area contributed by atoms with Crippen LogP contribution in [0.25, 0.3) is 11.5 Å². The van der Waals surface area contributed by atoms with E-state index in [9.17, 15) is 4.79 Å². The topological polar surface area (TPSA) is 76.4 Å². The van der Waals surface area contributed by atoms with Crippen molar-refractivity contribution < 1.29 is 13.9 Å². The molecule has 0 bridgehead atoms. The molecule has 1 saturated heterocycles. The second kappa shape index (κ2) is 7.15. The third kappa shape index (κ3) is 3.66. The van der Waals surface area contributed by atoms with Crippen LogP contribution in [0.2, 0.25) is 0 Å². The van der Waals surface area contributed by atoms with Crippen LogP contribution in [0.1, 0.15) is 32.4 Å². The lowest BCUT2D eigenvalue weighted by atomic mass is 10.1. The highest BCUT2D eigenvalue weighted by Crippen LogP contribution is 2.24. The summed E-state index contributed by atoms with van der Waals surface area (Å²) < 4.78 is 11.2. The van der Waals surface area contributed by atoms with Gasteiger partial charge in [-0.1, -0.05) is 13.8 Å². The SMILES string of the molecule is CC(C)c1cnc(-c2ccc(NC(=O)[C@H]3NCCO[C@@H]3C)cc2)o1. The van der Waals surface area contributed by atoms with Crippen molar-refractivity contribution >= 4 is 11.6 Å². The van der Waals surface area contributed by atoms with Crippen LogP contribution in [0.4, 0.5) is 5.69 Å². The number of nitrogens with one attached hydrogen (secondary N) is 2. The van der Waals surface area contributed by atoms with Gasteiger partial charge < -0.3 is 19.8 Å². The van der Waals surface area contributed by atoms with Gasteiger partial charge in [-0.3, -0.25) is 4.79 Å². The first kappa shape index (κ1) is 16.7. The maximum absolute atomic E-state index is 12.3. The minimum atomic E-state index is -0.334. The molecule has 1 aromatic heterocycles. The summed E-state index contributed by atoms with van der Waals surface area (Å²) in [6.45, 7) is 7.34. The highest BCUT2D eigenvalue weighted by Gasteiger charge is 2.28. The van der Waals surface area contributed by atoms with Crippen LogP contribution >= 0.6 is 0 Å². The summed E-state index contributed by atoms with van der Waals surface area (Å²) in [5, 5.41) is 6.09. The summed E-state index contributed by atoms with van der Waals surface area (Å²) in [5.41, 5.74) is 1.62. The molecular weight excluding hydrogens is 306 g/mol. The Morgan fingerprint density at radius 3 is 2.71 bits per heavy atom. The summed E-state index contributed by atoms with van der Waals surface area (Å²) in [4.78, 5) is 16.6. The first-order chi connectivity index (χ1) is 11.5.